The molecule has 104 valence electrons. The average molecular weight is 281 g/mol. The van der Waals surface area contributed by atoms with Gasteiger partial charge >= 0.3 is 0 Å². The topological polar surface area (TPSA) is 66.1 Å². The van der Waals surface area contributed by atoms with Crippen LogP contribution in [0, 0.1) is 0 Å². The summed E-state index contributed by atoms with van der Waals surface area (Å²) < 4.78 is 0. The highest BCUT2D eigenvalue weighted by Gasteiger charge is 2.28. The zero-order valence-corrected chi connectivity index (χ0v) is 12.1. The first-order valence-electron chi connectivity index (χ1n) is 6.57. The van der Waals surface area contributed by atoms with Crippen LogP contribution in [-0.4, -0.2) is 38.6 Å². The molecule has 1 saturated heterocycles. The SMILES string of the molecule is C[C@@H]1CCC[C@@H](C)N1C(=O)CSc1nccc(=O)[nH]1. The lowest BCUT2D eigenvalue weighted by atomic mass is 9.98. The van der Waals surface area contributed by atoms with Gasteiger partial charge in [0.1, 0.15) is 0 Å². The van der Waals surface area contributed by atoms with Crippen molar-refractivity contribution in [3.63, 3.8) is 0 Å². The van der Waals surface area contributed by atoms with Crippen molar-refractivity contribution in [2.24, 2.45) is 0 Å². The number of carbonyl (C=O) groups is 1. The molecule has 0 bridgehead atoms. The second-order valence-corrected chi connectivity index (χ2v) is 5.92. The molecule has 1 aromatic rings. The van der Waals surface area contributed by atoms with Crippen LogP contribution < -0.4 is 5.56 Å². The average Bonchev–Trinajstić information content (AvgIpc) is 2.36. The van der Waals surface area contributed by atoms with Gasteiger partial charge < -0.3 is 9.88 Å². The first-order chi connectivity index (χ1) is 9.08. The molecule has 2 heterocycles. The fourth-order valence-electron chi connectivity index (χ4n) is 2.54. The van der Waals surface area contributed by atoms with Crippen LogP contribution in [0.15, 0.2) is 22.2 Å². The van der Waals surface area contributed by atoms with Crippen LogP contribution in [0.2, 0.25) is 0 Å². The number of likely N-dealkylation sites (tertiary alicyclic amines) is 1. The van der Waals surface area contributed by atoms with Gasteiger partial charge in [-0.3, -0.25) is 9.59 Å². The van der Waals surface area contributed by atoms with E-state index in [0.717, 1.165) is 12.8 Å². The lowest BCUT2D eigenvalue weighted by Crippen LogP contribution is -2.48. The smallest absolute Gasteiger partial charge is 0.251 e. The number of hydrogen-bond acceptors (Lipinski definition) is 4. The van der Waals surface area contributed by atoms with E-state index in [1.54, 1.807) is 0 Å². The van der Waals surface area contributed by atoms with Gasteiger partial charge in [0.05, 0.1) is 5.75 Å². The second-order valence-electron chi connectivity index (χ2n) is 4.96. The Bertz CT molecular complexity index is 493. The first kappa shape index (κ1) is 14.1. The Labute approximate surface area is 116 Å². The standard InChI is InChI=1S/C13H19N3O2S/c1-9-4-3-5-10(2)16(9)12(18)8-19-13-14-7-6-11(17)15-13/h6-7,9-10H,3-5,8H2,1-2H3,(H,14,15,17)/t9-,10-/m1/s1. The lowest BCUT2D eigenvalue weighted by Gasteiger charge is -2.39. The summed E-state index contributed by atoms with van der Waals surface area (Å²) in [7, 11) is 0. The molecule has 0 aromatic carbocycles. The number of aromatic amines is 1. The number of piperidine rings is 1. The molecule has 5 nitrogen and oxygen atoms in total. The van der Waals surface area contributed by atoms with E-state index in [-0.39, 0.29) is 11.5 Å². The van der Waals surface area contributed by atoms with Crippen molar-refractivity contribution in [3.8, 4) is 0 Å². The minimum atomic E-state index is -0.190. The van der Waals surface area contributed by atoms with Crippen molar-refractivity contribution >= 4 is 17.7 Å². The maximum absolute atomic E-state index is 12.3. The third-order valence-corrected chi connectivity index (χ3v) is 4.33. The minimum Gasteiger partial charge on any atom is -0.337 e. The Morgan fingerprint density at radius 2 is 2.16 bits per heavy atom. The van der Waals surface area contributed by atoms with Crippen molar-refractivity contribution in [3.05, 3.63) is 22.6 Å². The number of amides is 1. The van der Waals surface area contributed by atoms with Crippen molar-refractivity contribution in [1.29, 1.82) is 0 Å². The molecular weight excluding hydrogens is 262 g/mol. The van der Waals surface area contributed by atoms with Crippen molar-refractivity contribution in [2.75, 3.05) is 5.75 Å². The molecule has 6 heteroatoms. The van der Waals surface area contributed by atoms with Gasteiger partial charge in [-0.15, -0.1) is 0 Å². The highest BCUT2D eigenvalue weighted by atomic mass is 32.2. The van der Waals surface area contributed by atoms with Crippen LogP contribution in [-0.2, 0) is 4.79 Å². The van der Waals surface area contributed by atoms with Gasteiger partial charge in [-0.2, -0.15) is 0 Å². The quantitative estimate of drug-likeness (QED) is 0.676. The summed E-state index contributed by atoms with van der Waals surface area (Å²) in [4.78, 5) is 32.0. The third kappa shape index (κ3) is 3.59. The van der Waals surface area contributed by atoms with Gasteiger partial charge in [0.15, 0.2) is 5.16 Å². The number of carbonyl (C=O) groups excluding carboxylic acids is 1. The highest BCUT2D eigenvalue weighted by molar-refractivity contribution is 7.99. The molecule has 19 heavy (non-hydrogen) atoms. The summed E-state index contributed by atoms with van der Waals surface area (Å²) in [6.45, 7) is 4.20. The minimum absolute atomic E-state index is 0.121. The third-order valence-electron chi connectivity index (χ3n) is 3.46. The zero-order valence-electron chi connectivity index (χ0n) is 11.3. The summed E-state index contributed by atoms with van der Waals surface area (Å²) in [6, 6.07) is 1.97. The van der Waals surface area contributed by atoms with Gasteiger partial charge in [-0.05, 0) is 33.1 Å². The second kappa shape index (κ2) is 6.23. The van der Waals surface area contributed by atoms with E-state index in [0.29, 0.717) is 23.0 Å². The maximum atomic E-state index is 12.3. The van der Waals surface area contributed by atoms with Gasteiger partial charge in [0.25, 0.3) is 5.56 Å². The summed E-state index contributed by atoms with van der Waals surface area (Å²) in [5, 5.41) is 0.498. The summed E-state index contributed by atoms with van der Waals surface area (Å²) in [6.07, 6.45) is 4.78. The number of aromatic nitrogens is 2. The first-order valence-corrected chi connectivity index (χ1v) is 7.56. The van der Waals surface area contributed by atoms with Gasteiger partial charge in [0.2, 0.25) is 5.91 Å². The Hall–Kier alpha value is -1.30. The molecule has 1 N–H and O–H groups in total. The number of hydrogen-bond donors (Lipinski definition) is 1. The van der Waals surface area contributed by atoms with E-state index in [9.17, 15) is 9.59 Å². The molecule has 2 rings (SSSR count). The van der Waals surface area contributed by atoms with Crippen LogP contribution in [0.1, 0.15) is 33.1 Å². The molecule has 1 fully saturated rings. The van der Waals surface area contributed by atoms with Crippen molar-refractivity contribution < 1.29 is 4.79 Å². The molecule has 1 aliphatic rings. The summed E-state index contributed by atoms with van der Waals surface area (Å²) in [5.74, 6) is 0.443. The van der Waals surface area contributed by atoms with Crippen LogP contribution >= 0.6 is 11.8 Å². The van der Waals surface area contributed by atoms with E-state index in [4.69, 9.17) is 0 Å². The number of nitrogens with one attached hydrogen (secondary N) is 1. The van der Waals surface area contributed by atoms with Gasteiger partial charge in [-0.25, -0.2) is 4.98 Å². The normalized spacial score (nSPS) is 23.4. The van der Waals surface area contributed by atoms with Crippen molar-refractivity contribution in [2.45, 2.75) is 50.4 Å². The Morgan fingerprint density at radius 1 is 1.47 bits per heavy atom. The van der Waals surface area contributed by atoms with Crippen molar-refractivity contribution in [1.82, 2.24) is 14.9 Å². The van der Waals surface area contributed by atoms with Gasteiger partial charge in [0, 0.05) is 24.3 Å². The van der Waals surface area contributed by atoms with E-state index < -0.39 is 0 Å². The monoisotopic (exact) mass is 281 g/mol. The van der Waals surface area contributed by atoms with Crippen LogP contribution in [0.3, 0.4) is 0 Å². The fourth-order valence-corrected chi connectivity index (χ4v) is 3.26. The van der Waals surface area contributed by atoms with Gasteiger partial charge in [-0.1, -0.05) is 11.8 Å². The zero-order chi connectivity index (χ0) is 13.8. The lowest BCUT2D eigenvalue weighted by molar-refractivity contribution is -0.134. The molecule has 0 radical (unpaired) electrons. The molecule has 1 amide bonds. The summed E-state index contributed by atoms with van der Waals surface area (Å²) in [5.41, 5.74) is -0.190. The largest absolute Gasteiger partial charge is 0.337 e. The predicted molar refractivity (Wildman–Crippen MR) is 75.2 cm³/mol. The maximum Gasteiger partial charge on any atom is 0.251 e. The molecule has 2 atom stereocenters. The van der Waals surface area contributed by atoms with E-state index >= 15 is 0 Å². The Balaban J connectivity index is 1.95. The number of thioether (sulfide) groups is 1. The van der Waals surface area contributed by atoms with Crippen LogP contribution in [0.4, 0.5) is 0 Å². The molecule has 0 spiro atoms. The Morgan fingerprint density at radius 3 is 2.79 bits per heavy atom. The number of nitrogens with zero attached hydrogens (tertiary/aromatic N) is 2. The fraction of sp³-hybridized carbons (Fsp3) is 0.615. The van der Waals surface area contributed by atoms with E-state index in [1.165, 1.54) is 30.4 Å². The predicted octanol–water partition coefficient (Wildman–Crippen LogP) is 1.65. The molecule has 0 aliphatic carbocycles. The summed E-state index contributed by atoms with van der Waals surface area (Å²) >= 11 is 1.28. The van der Waals surface area contributed by atoms with Crippen LogP contribution in [0.25, 0.3) is 0 Å². The molecule has 1 aliphatic heterocycles. The van der Waals surface area contributed by atoms with E-state index in [1.807, 2.05) is 4.90 Å². The Kier molecular flexibility index (Phi) is 4.63. The molecule has 0 saturated carbocycles. The van der Waals surface area contributed by atoms with E-state index in [2.05, 4.69) is 23.8 Å². The molecular formula is C13H19N3O2S. The molecule has 1 aromatic heterocycles. The molecule has 0 unspecified atom stereocenters. The number of H-pyrrole nitrogens is 1. The number of rotatable bonds is 3. The highest BCUT2D eigenvalue weighted by Crippen LogP contribution is 2.24. The van der Waals surface area contributed by atoms with Crippen LogP contribution in [0.5, 0.6) is 0 Å².